The Bertz CT molecular complexity index is 1250. The van der Waals surface area contributed by atoms with Crippen LogP contribution in [-0.4, -0.2) is 37.2 Å². The maximum atomic E-state index is 12.7. The van der Waals surface area contributed by atoms with Gasteiger partial charge in [0, 0.05) is 19.3 Å². The topological polar surface area (TPSA) is 78.9 Å². The summed E-state index contributed by atoms with van der Waals surface area (Å²) >= 11 is 0. The van der Waals surface area contributed by atoms with Gasteiger partial charge >= 0.3 is 17.9 Å². The second kappa shape index (κ2) is 57.7. The van der Waals surface area contributed by atoms with E-state index in [-0.39, 0.29) is 31.1 Å². The van der Waals surface area contributed by atoms with E-state index in [4.69, 9.17) is 14.2 Å². The van der Waals surface area contributed by atoms with Crippen LogP contribution in [0, 0.1) is 0 Å². The molecule has 0 aliphatic carbocycles. The molecular formula is C63H112O6. The molecule has 0 aliphatic heterocycles. The third-order valence-electron chi connectivity index (χ3n) is 13.0. The number of unbranched alkanes of at least 4 members (excludes halogenated alkanes) is 33. The van der Waals surface area contributed by atoms with Crippen molar-refractivity contribution in [1.29, 1.82) is 0 Å². The fraction of sp³-hybridized carbons (Fsp3) is 0.794. The van der Waals surface area contributed by atoms with Crippen molar-refractivity contribution in [3.8, 4) is 0 Å². The molecule has 0 rings (SSSR count). The standard InChI is InChI=1S/C63H112O6/c1-4-7-10-13-16-18-20-21-22-23-24-25-26-27-28-29-30-31-32-33-34-35-36-37-38-39-40-41-43-44-47-50-53-56-62(65)68-59-60(58-67-61(64)55-52-49-46-15-12-9-6-3)69-63(66)57-54-51-48-45-42-19-17-14-11-8-5-2/h7,10,14,16-18,21-22,24-25,60H,4-6,8-9,11-13,15,19-20,23,26-59H2,1-3H3/b10-7-,17-14-,18-16-,22-21-,25-24-. The SMILES string of the molecule is CC/C=C\C/C=C\C/C=C\C/C=C\CCCCCCCCCCCCCCCCCCCCCCC(=O)OCC(COC(=O)CCCCCCCCC)OC(=O)CCCCCCC/C=C\CCCC. The van der Waals surface area contributed by atoms with Gasteiger partial charge in [0.25, 0.3) is 0 Å². The van der Waals surface area contributed by atoms with Crippen molar-refractivity contribution in [2.75, 3.05) is 13.2 Å². The maximum absolute atomic E-state index is 12.7. The van der Waals surface area contributed by atoms with E-state index in [0.29, 0.717) is 19.3 Å². The minimum Gasteiger partial charge on any atom is -0.462 e. The molecule has 69 heavy (non-hydrogen) atoms. The molecule has 0 aliphatic rings. The summed E-state index contributed by atoms with van der Waals surface area (Å²) in [5.74, 6) is -0.879. The van der Waals surface area contributed by atoms with Gasteiger partial charge < -0.3 is 14.2 Å². The molecule has 0 radical (unpaired) electrons. The fourth-order valence-electron chi connectivity index (χ4n) is 8.53. The van der Waals surface area contributed by atoms with Crippen molar-refractivity contribution >= 4 is 17.9 Å². The molecule has 1 unspecified atom stereocenters. The lowest BCUT2D eigenvalue weighted by atomic mass is 10.0. The van der Waals surface area contributed by atoms with E-state index < -0.39 is 6.10 Å². The van der Waals surface area contributed by atoms with Crippen LogP contribution >= 0.6 is 0 Å². The highest BCUT2D eigenvalue weighted by molar-refractivity contribution is 5.71. The van der Waals surface area contributed by atoms with Crippen molar-refractivity contribution in [2.24, 2.45) is 0 Å². The highest BCUT2D eigenvalue weighted by atomic mass is 16.6. The lowest BCUT2D eigenvalue weighted by Crippen LogP contribution is -2.30. The Morgan fingerprint density at radius 2 is 0.580 bits per heavy atom. The third-order valence-corrected chi connectivity index (χ3v) is 13.0. The molecule has 0 fully saturated rings. The van der Waals surface area contributed by atoms with E-state index in [1.807, 2.05) is 0 Å². The zero-order chi connectivity index (χ0) is 50.0. The van der Waals surface area contributed by atoms with Gasteiger partial charge in [-0.2, -0.15) is 0 Å². The van der Waals surface area contributed by atoms with Crippen LogP contribution in [0.3, 0.4) is 0 Å². The Kier molecular flexibility index (Phi) is 55.3. The van der Waals surface area contributed by atoms with E-state index >= 15 is 0 Å². The summed E-state index contributed by atoms with van der Waals surface area (Å²) in [4.78, 5) is 37.8. The molecule has 0 spiro atoms. The Labute approximate surface area is 428 Å². The Hall–Kier alpha value is -2.89. The van der Waals surface area contributed by atoms with Crippen LogP contribution < -0.4 is 0 Å². The molecule has 1 atom stereocenters. The molecule has 6 heteroatoms. The highest BCUT2D eigenvalue weighted by Gasteiger charge is 2.19. The zero-order valence-electron chi connectivity index (χ0n) is 45.8. The molecule has 0 saturated carbocycles. The largest absolute Gasteiger partial charge is 0.462 e. The molecular weight excluding hydrogens is 853 g/mol. The number of carbonyl (C=O) groups excluding carboxylic acids is 3. The number of hydrogen-bond acceptors (Lipinski definition) is 6. The summed E-state index contributed by atoms with van der Waals surface area (Å²) in [6.07, 6.45) is 72.7. The van der Waals surface area contributed by atoms with Crippen LogP contribution in [0.25, 0.3) is 0 Å². The Morgan fingerprint density at radius 3 is 0.942 bits per heavy atom. The lowest BCUT2D eigenvalue weighted by molar-refractivity contribution is -0.167. The molecule has 0 amide bonds. The smallest absolute Gasteiger partial charge is 0.306 e. The van der Waals surface area contributed by atoms with Crippen LogP contribution in [0.15, 0.2) is 60.8 Å². The van der Waals surface area contributed by atoms with Crippen LogP contribution in [0.1, 0.15) is 303 Å². The van der Waals surface area contributed by atoms with Gasteiger partial charge in [-0.15, -0.1) is 0 Å². The summed E-state index contributed by atoms with van der Waals surface area (Å²) in [6, 6.07) is 0. The minimum atomic E-state index is -0.771. The van der Waals surface area contributed by atoms with Gasteiger partial charge in [-0.05, 0) is 77.0 Å². The van der Waals surface area contributed by atoms with Crippen molar-refractivity contribution in [3.05, 3.63) is 60.8 Å². The lowest BCUT2D eigenvalue weighted by Gasteiger charge is -2.18. The van der Waals surface area contributed by atoms with E-state index in [9.17, 15) is 14.4 Å². The first-order chi connectivity index (χ1) is 34.0. The third kappa shape index (κ3) is 55.9. The molecule has 0 aromatic heterocycles. The predicted octanol–water partition coefficient (Wildman–Crippen LogP) is 20.0. The van der Waals surface area contributed by atoms with Crippen LogP contribution in [0.2, 0.25) is 0 Å². The van der Waals surface area contributed by atoms with Crippen LogP contribution in [-0.2, 0) is 28.6 Å². The van der Waals surface area contributed by atoms with Crippen molar-refractivity contribution < 1.29 is 28.6 Å². The summed E-state index contributed by atoms with van der Waals surface area (Å²) < 4.78 is 16.7. The maximum Gasteiger partial charge on any atom is 0.306 e. The summed E-state index contributed by atoms with van der Waals surface area (Å²) in [7, 11) is 0. The molecule has 0 bridgehead atoms. The van der Waals surface area contributed by atoms with Gasteiger partial charge in [0.1, 0.15) is 13.2 Å². The number of carbonyl (C=O) groups is 3. The monoisotopic (exact) mass is 965 g/mol. The van der Waals surface area contributed by atoms with Gasteiger partial charge in [0.2, 0.25) is 0 Å². The Balaban J connectivity index is 3.92. The number of allylic oxidation sites excluding steroid dienone is 10. The van der Waals surface area contributed by atoms with Gasteiger partial charge in [0.05, 0.1) is 0 Å². The first-order valence-electron chi connectivity index (χ1n) is 29.8. The van der Waals surface area contributed by atoms with Crippen LogP contribution in [0.5, 0.6) is 0 Å². The number of hydrogen-bond donors (Lipinski definition) is 0. The van der Waals surface area contributed by atoms with E-state index in [1.165, 1.54) is 167 Å². The zero-order valence-corrected chi connectivity index (χ0v) is 45.8. The predicted molar refractivity (Wildman–Crippen MR) is 298 cm³/mol. The van der Waals surface area contributed by atoms with Gasteiger partial charge in [-0.25, -0.2) is 0 Å². The highest BCUT2D eigenvalue weighted by Crippen LogP contribution is 2.17. The van der Waals surface area contributed by atoms with Crippen molar-refractivity contribution in [1.82, 2.24) is 0 Å². The molecule has 6 nitrogen and oxygen atoms in total. The summed E-state index contributed by atoms with van der Waals surface area (Å²) in [6.45, 7) is 6.46. The number of esters is 3. The summed E-state index contributed by atoms with van der Waals surface area (Å²) in [5, 5.41) is 0. The first kappa shape index (κ1) is 66.1. The van der Waals surface area contributed by atoms with Crippen LogP contribution in [0.4, 0.5) is 0 Å². The quantitative estimate of drug-likeness (QED) is 0.0262. The molecule has 0 aromatic rings. The number of ether oxygens (including phenoxy) is 3. The van der Waals surface area contributed by atoms with Gasteiger partial charge in [-0.1, -0.05) is 268 Å². The number of rotatable bonds is 54. The molecule has 0 N–H and O–H groups in total. The van der Waals surface area contributed by atoms with Gasteiger partial charge in [0.15, 0.2) is 6.10 Å². The first-order valence-corrected chi connectivity index (χ1v) is 29.8. The molecule has 400 valence electrons. The summed E-state index contributed by atoms with van der Waals surface area (Å²) in [5.41, 5.74) is 0. The molecule has 0 saturated heterocycles. The van der Waals surface area contributed by atoms with E-state index in [0.717, 1.165) is 96.3 Å². The van der Waals surface area contributed by atoms with Gasteiger partial charge in [-0.3, -0.25) is 14.4 Å². The average molecular weight is 966 g/mol. The second-order valence-corrected chi connectivity index (χ2v) is 19.9. The average Bonchev–Trinajstić information content (AvgIpc) is 3.35. The minimum absolute atomic E-state index is 0.0731. The second-order valence-electron chi connectivity index (χ2n) is 19.9. The Morgan fingerprint density at radius 1 is 0.304 bits per heavy atom. The van der Waals surface area contributed by atoms with E-state index in [1.54, 1.807) is 0 Å². The van der Waals surface area contributed by atoms with Crippen molar-refractivity contribution in [3.63, 3.8) is 0 Å². The molecule has 0 heterocycles. The normalized spacial score (nSPS) is 12.4. The molecule has 0 aromatic carbocycles. The fourth-order valence-corrected chi connectivity index (χ4v) is 8.53. The van der Waals surface area contributed by atoms with E-state index in [2.05, 4.69) is 81.5 Å². The van der Waals surface area contributed by atoms with Crippen molar-refractivity contribution in [2.45, 2.75) is 309 Å².